The normalized spacial score (nSPS) is 11.0. The van der Waals surface area contributed by atoms with Crippen molar-refractivity contribution in [3.8, 4) is 5.69 Å². The molecule has 0 unspecified atom stereocenters. The average Bonchev–Trinajstić information content (AvgIpc) is 2.94. The van der Waals surface area contributed by atoms with Crippen molar-refractivity contribution in [3.63, 3.8) is 0 Å². The first kappa shape index (κ1) is 18.4. The molecular weight excluding hydrogens is 370 g/mol. The molecule has 0 radical (unpaired) electrons. The van der Waals surface area contributed by atoms with E-state index >= 15 is 0 Å². The number of carbonyl (C=O) groups excluding carboxylic acids is 1. The molecule has 29 heavy (non-hydrogen) atoms. The molecule has 0 atom stereocenters. The van der Waals surface area contributed by atoms with E-state index < -0.39 is 5.91 Å². The second-order valence-corrected chi connectivity index (χ2v) is 6.66. The summed E-state index contributed by atoms with van der Waals surface area (Å²) < 4.78 is 4.51. The summed E-state index contributed by atoms with van der Waals surface area (Å²) in [5.41, 5.74) is 1.94. The lowest BCUT2D eigenvalue weighted by Crippen LogP contribution is -2.29. The van der Waals surface area contributed by atoms with Crippen molar-refractivity contribution < 1.29 is 4.79 Å². The molecule has 8 heteroatoms. The topological polar surface area (TPSA) is 90.9 Å². The Bertz CT molecular complexity index is 1330. The Hall–Kier alpha value is -3.94. The average molecular weight is 389 g/mol. The van der Waals surface area contributed by atoms with Gasteiger partial charge in [0.05, 0.1) is 28.6 Å². The number of anilines is 1. The minimum atomic E-state index is -0.463. The lowest BCUT2D eigenvalue weighted by atomic mass is 10.3. The van der Waals surface area contributed by atoms with Crippen LogP contribution in [0.2, 0.25) is 0 Å². The van der Waals surface area contributed by atoms with E-state index in [2.05, 4.69) is 10.3 Å². The fourth-order valence-corrected chi connectivity index (χ4v) is 3.31. The predicted molar refractivity (Wildman–Crippen MR) is 110 cm³/mol. The minimum absolute atomic E-state index is 0.188. The van der Waals surface area contributed by atoms with Crippen LogP contribution >= 0.6 is 0 Å². The first-order valence-corrected chi connectivity index (χ1v) is 9.06. The van der Waals surface area contributed by atoms with Gasteiger partial charge in [0.15, 0.2) is 0 Å². The Morgan fingerprint density at radius 3 is 2.48 bits per heavy atom. The summed E-state index contributed by atoms with van der Waals surface area (Å²) >= 11 is 0. The van der Waals surface area contributed by atoms with Gasteiger partial charge in [-0.25, -0.2) is 9.67 Å². The van der Waals surface area contributed by atoms with E-state index in [4.69, 9.17) is 0 Å². The molecule has 1 N–H and O–H groups in total. The highest BCUT2D eigenvalue weighted by atomic mass is 16.2. The zero-order valence-electron chi connectivity index (χ0n) is 16.0. The Balaban J connectivity index is 1.68. The van der Waals surface area contributed by atoms with E-state index in [1.54, 1.807) is 36.9 Å². The van der Waals surface area contributed by atoms with Crippen LogP contribution in [0.15, 0.2) is 70.4 Å². The van der Waals surface area contributed by atoms with Crippen LogP contribution in [0, 0.1) is 6.92 Å². The summed E-state index contributed by atoms with van der Waals surface area (Å²) in [6.07, 6.45) is 1.19. The van der Waals surface area contributed by atoms with E-state index in [1.165, 1.54) is 15.4 Å². The number of amides is 1. The van der Waals surface area contributed by atoms with Crippen LogP contribution in [-0.2, 0) is 18.4 Å². The standard InChI is InChI=1S/C21H19N5O3/c1-14-20(21(29)26(24(14)2)15-8-4-3-5-9-15)23-18(27)13-25-17-11-7-6-10-16(17)22-12-19(25)28/h3-12H,13H2,1-2H3,(H,23,27). The van der Waals surface area contributed by atoms with E-state index in [0.717, 1.165) is 0 Å². The number of para-hydroxylation sites is 3. The molecule has 4 aromatic rings. The van der Waals surface area contributed by atoms with Crippen molar-refractivity contribution in [2.75, 3.05) is 5.32 Å². The zero-order chi connectivity index (χ0) is 20.5. The van der Waals surface area contributed by atoms with Gasteiger partial charge in [0.25, 0.3) is 11.1 Å². The molecule has 0 spiro atoms. The predicted octanol–water partition coefficient (Wildman–Crippen LogP) is 1.83. The summed E-state index contributed by atoms with van der Waals surface area (Å²) in [7, 11) is 1.75. The monoisotopic (exact) mass is 389 g/mol. The second kappa shape index (κ2) is 7.23. The Morgan fingerprint density at radius 1 is 1.03 bits per heavy atom. The van der Waals surface area contributed by atoms with E-state index in [-0.39, 0.29) is 23.4 Å². The van der Waals surface area contributed by atoms with Crippen molar-refractivity contribution >= 4 is 22.6 Å². The zero-order valence-corrected chi connectivity index (χ0v) is 16.0. The number of aromatic nitrogens is 4. The Morgan fingerprint density at radius 2 is 1.72 bits per heavy atom. The molecule has 2 aromatic carbocycles. The van der Waals surface area contributed by atoms with Gasteiger partial charge in [-0.3, -0.25) is 23.6 Å². The van der Waals surface area contributed by atoms with Gasteiger partial charge in [-0.1, -0.05) is 30.3 Å². The molecule has 0 aliphatic heterocycles. The number of carbonyl (C=O) groups is 1. The smallest absolute Gasteiger partial charge is 0.295 e. The molecule has 0 aliphatic carbocycles. The molecule has 0 saturated carbocycles. The first-order valence-electron chi connectivity index (χ1n) is 9.06. The number of fused-ring (bicyclic) bond motifs is 1. The van der Waals surface area contributed by atoms with Crippen molar-refractivity contribution in [3.05, 3.63) is 87.2 Å². The van der Waals surface area contributed by atoms with Crippen molar-refractivity contribution in [1.82, 2.24) is 18.9 Å². The largest absolute Gasteiger partial charge is 0.318 e. The third-order valence-electron chi connectivity index (χ3n) is 4.87. The van der Waals surface area contributed by atoms with Gasteiger partial charge in [0, 0.05) is 7.05 Å². The van der Waals surface area contributed by atoms with Crippen molar-refractivity contribution in [2.24, 2.45) is 7.05 Å². The molecule has 2 aromatic heterocycles. The molecule has 0 saturated heterocycles. The van der Waals surface area contributed by atoms with E-state index in [9.17, 15) is 14.4 Å². The highest BCUT2D eigenvalue weighted by Crippen LogP contribution is 2.14. The van der Waals surface area contributed by atoms with Gasteiger partial charge < -0.3 is 5.32 Å². The lowest BCUT2D eigenvalue weighted by molar-refractivity contribution is -0.116. The molecule has 0 fully saturated rings. The lowest BCUT2D eigenvalue weighted by Gasteiger charge is -2.09. The van der Waals surface area contributed by atoms with Crippen LogP contribution < -0.4 is 16.4 Å². The number of hydrogen-bond acceptors (Lipinski definition) is 4. The van der Waals surface area contributed by atoms with Gasteiger partial charge in [-0.05, 0) is 31.2 Å². The number of rotatable bonds is 4. The van der Waals surface area contributed by atoms with Gasteiger partial charge in [0.2, 0.25) is 5.91 Å². The summed E-state index contributed by atoms with van der Waals surface area (Å²) in [5, 5.41) is 2.68. The SMILES string of the molecule is Cc1c(NC(=O)Cn2c(=O)cnc3ccccc32)c(=O)n(-c2ccccc2)n1C. The van der Waals surface area contributed by atoms with Crippen LogP contribution in [0.5, 0.6) is 0 Å². The van der Waals surface area contributed by atoms with Gasteiger partial charge in [0.1, 0.15) is 12.2 Å². The Labute approximate surface area is 165 Å². The summed E-state index contributed by atoms with van der Waals surface area (Å²) in [6, 6.07) is 16.2. The molecular formula is C21H19N5O3. The van der Waals surface area contributed by atoms with Crippen LogP contribution in [0.4, 0.5) is 5.69 Å². The summed E-state index contributed by atoms with van der Waals surface area (Å²) in [4.78, 5) is 42.0. The molecule has 8 nitrogen and oxygen atoms in total. The minimum Gasteiger partial charge on any atom is -0.318 e. The maximum Gasteiger partial charge on any atom is 0.295 e. The highest BCUT2D eigenvalue weighted by Gasteiger charge is 2.18. The summed E-state index contributed by atoms with van der Waals surface area (Å²) in [5.74, 6) is -0.463. The van der Waals surface area contributed by atoms with Gasteiger partial charge in [-0.15, -0.1) is 0 Å². The van der Waals surface area contributed by atoms with Crippen LogP contribution in [-0.4, -0.2) is 24.8 Å². The second-order valence-electron chi connectivity index (χ2n) is 6.66. The Kier molecular flexibility index (Phi) is 4.59. The quantitative estimate of drug-likeness (QED) is 0.577. The molecule has 146 valence electrons. The van der Waals surface area contributed by atoms with Crippen LogP contribution in [0.1, 0.15) is 5.69 Å². The highest BCUT2D eigenvalue weighted by molar-refractivity contribution is 5.92. The number of nitrogens with zero attached hydrogens (tertiary/aromatic N) is 4. The van der Waals surface area contributed by atoms with E-state index in [1.807, 2.05) is 36.4 Å². The van der Waals surface area contributed by atoms with Gasteiger partial charge >= 0.3 is 0 Å². The number of hydrogen-bond donors (Lipinski definition) is 1. The van der Waals surface area contributed by atoms with E-state index in [0.29, 0.717) is 22.4 Å². The first-order chi connectivity index (χ1) is 14.0. The maximum absolute atomic E-state index is 12.9. The maximum atomic E-state index is 12.9. The van der Waals surface area contributed by atoms with Gasteiger partial charge in [-0.2, -0.15) is 0 Å². The number of benzene rings is 2. The number of nitrogens with one attached hydrogen (secondary N) is 1. The van der Waals surface area contributed by atoms with Crippen molar-refractivity contribution in [1.29, 1.82) is 0 Å². The molecule has 2 heterocycles. The van der Waals surface area contributed by atoms with Crippen LogP contribution in [0.25, 0.3) is 16.7 Å². The van der Waals surface area contributed by atoms with Crippen LogP contribution in [0.3, 0.4) is 0 Å². The third-order valence-corrected chi connectivity index (χ3v) is 4.87. The molecule has 4 rings (SSSR count). The summed E-state index contributed by atoms with van der Waals surface area (Å²) in [6.45, 7) is 1.53. The fourth-order valence-electron chi connectivity index (χ4n) is 3.31. The fraction of sp³-hybridized carbons (Fsp3) is 0.143. The molecule has 1 amide bonds. The molecule has 0 aliphatic rings. The molecule has 0 bridgehead atoms. The third kappa shape index (κ3) is 3.25. The van der Waals surface area contributed by atoms with Crippen molar-refractivity contribution in [2.45, 2.75) is 13.5 Å².